The molecule has 0 aliphatic heterocycles. The molecule has 1 saturated carbocycles. The summed E-state index contributed by atoms with van der Waals surface area (Å²) in [5, 5.41) is 9.71. The lowest BCUT2D eigenvalue weighted by Crippen LogP contribution is -2.29. The fourth-order valence-electron chi connectivity index (χ4n) is 2.87. The Hall–Kier alpha value is -1.75. The second-order valence-electron chi connectivity index (χ2n) is 6.23. The van der Waals surface area contributed by atoms with Crippen molar-refractivity contribution in [3.8, 4) is 6.07 Å². The number of hydrogen-bond acceptors (Lipinski definition) is 2. The van der Waals surface area contributed by atoms with Crippen LogP contribution in [0.1, 0.15) is 45.1 Å². The summed E-state index contributed by atoms with van der Waals surface area (Å²) in [5.41, 5.74) is 0.807. The largest absolute Gasteiger partial charge is 0.494 e. The van der Waals surface area contributed by atoms with Gasteiger partial charge in [-0.2, -0.15) is 5.26 Å². The van der Waals surface area contributed by atoms with E-state index >= 15 is 0 Å². The molecule has 0 aromatic heterocycles. The molecule has 112 valence electrons. The maximum atomic E-state index is 9.71. The molecule has 0 saturated heterocycles. The van der Waals surface area contributed by atoms with Gasteiger partial charge in [-0.15, -0.1) is 0 Å². The topological polar surface area (TPSA) is 33.0 Å². The van der Waals surface area contributed by atoms with Crippen LogP contribution in [0, 0.1) is 28.6 Å². The first-order valence-electron chi connectivity index (χ1n) is 7.88. The highest BCUT2D eigenvalue weighted by Crippen LogP contribution is 2.47. The molecular formula is C19H25NO. The Morgan fingerprint density at radius 3 is 2.62 bits per heavy atom. The van der Waals surface area contributed by atoms with Crippen LogP contribution in [0.4, 0.5) is 0 Å². The van der Waals surface area contributed by atoms with E-state index < -0.39 is 0 Å². The normalized spacial score (nSPS) is 18.3. The minimum Gasteiger partial charge on any atom is -0.494 e. The molecule has 0 bridgehead atoms. The molecule has 0 N–H and O–H groups in total. The van der Waals surface area contributed by atoms with Gasteiger partial charge < -0.3 is 4.74 Å². The third-order valence-corrected chi connectivity index (χ3v) is 4.78. The van der Waals surface area contributed by atoms with Crippen LogP contribution in [0.2, 0.25) is 0 Å². The van der Waals surface area contributed by atoms with Gasteiger partial charge in [0.05, 0.1) is 17.2 Å². The lowest BCUT2D eigenvalue weighted by molar-refractivity contribution is 0.118. The zero-order valence-corrected chi connectivity index (χ0v) is 13.1. The molecule has 1 aromatic rings. The van der Waals surface area contributed by atoms with E-state index in [0.717, 1.165) is 30.1 Å². The van der Waals surface area contributed by atoms with E-state index in [1.807, 2.05) is 30.3 Å². The Kier molecular flexibility index (Phi) is 5.07. The molecule has 2 nitrogen and oxygen atoms in total. The van der Waals surface area contributed by atoms with Crippen molar-refractivity contribution in [3.63, 3.8) is 0 Å². The van der Waals surface area contributed by atoms with Gasteiger partial charge in [-0.1, -0.05) is 63.6 Å². The van der Waals surface area contributed by atoms with Crippen LogP contribution in [0.25, 0.3) is 0 Å². The van der Waals surface area contributed by atoms with Crippen molar-refractivity contribution >= 4 is 0 Å². The van der Waals surface area contributed by atoms with E-state index in [2.05, 4.69) is 26.5 Å². The van der Waals surface area contributed by atoms with Crippen LogP contribution in [0.15, 0.2) is 42.7 Å². The highest BCUT2D eigenvalue weighted by molar-refractivity contribution is 5.15. The van der Waals surface area contributed by atoms with Crippen molar-refractivity contribution in [1.29, 1.82) is 5.26 Å². The van der Waals surface area contributed by atoms with Gasteiger partial charge in [-0.25, -0.2) is 0 Å². The molecule has 2 heteroatoms. The average molecular weight is 283 g/mol. The first-order valence-corrected chi connectivity index (χ1v) is 7.88. The summed E-state index contributed by atoms with van der Waals surface area (Å²) in [5.74, 6) is 1.54. The van der Waals surface area contributed by atoms with Crippen molar-refractivity contribution in [1.82, 2.24) is 0 Å². The summed E-state index contributed by atoms with van der Waals surface area (Å²) in [6.07, 6.45) is 4.38. The van der Waals surface area contributed by atoms with Crippen LogP contribution >= 0.6 is 0 Å². The van der Waals surface area contributed by atoms with Crippen LogP contribution in [0.5, 0.6) is 0 Å². The highest BCUT2D eigenvalue weighted by Gasteiger charge is 2.41. The van der Waals surface area contributed by atoms with E-state index in [1.165, 1.54) is 12.8 Å². The second kappa shape index (κ2) is 6.80. The summed E-state index contributed by atoms with van der Waals surface area (Å²) in [6.45, 7) is 8.80. The SMILES string of the molecule is C=C(OCc1ccccc1)[C@H](C)[C@](C#N)(CC)CC1CC1. The van der Waals surface area contributed by atoms with Gasteiger partial charge >= 0.3 is 0 Å². The Balaban J connectivity index is 1.97. The Morgan fingerprint density at radius 2 is 2.10 bits per heavy atom. The molecule has 0 unspecified atom stereocenters. The van der Waals surface area contributed by atoms with Gasteiger partial charge in [0.25, 0.3) is 0 Å². The Labute approximate surface area is 128 Å². The molecule has 1 aliphatic carbocycles. The highest BCUT2D eigenvalue weighted by atomic mass is 16.5. The van der Waals surface area contributed by atoms with Gasteiger partial charge in [0.1, 0.15) is 6.61 Å². The first kappa shape index (κ1) is 15.6. The summed E-state index contributed by atoms with van der Waals surface area (Å²) >= 11 is 0. The monoisotopic (exact) mass is 283 g/mol. The predicted molar refractivity (Wildman–Crippen MR) is 85.2 cm³/mol. The van der Waals surface area contributed by atoms with Gasteiger partial charge in [0, 0.05) is 5.92 Å². The number of allylic oxidation sites excluding steroid dienone is 1. The minimum atomic E-state index is -0.324. The standard InChI is InChI=1S/C19H25NO/c1-4-19(14-20,12-17-10-11-17)15(2)16(3)21-13-18-8-6-5-7-9-18/h5-9,15,17H,3-4,10-13H2,1-2H3/t15-,19+/m0/s1. The third kappa shape index (κ3) is 3.88. The molecule has 0 radical (unpaired) electrons. The summed E-state index contributed by atoms with van der Waals surface area (Å²) in [7, 11) is 0. The number of nitrogens with zero attached hydrogens (tertiary/aromatic N) is 1. The fraction of sp³-hybridized carbons (Fsp3) is 0.526. The number of benzene rings is 1. The van der Waals surface area contributed by atoms with E-state index in [4.69, 9.17) is 4.74 Å². The third-order valence-electron chi connectivity index (χ3n) is 4.78. The predicted octanol–water partition coefficient (Wildman–Crippen LogP) is 5.07. The smallest absolute Gasteiger partial charge is 0.113 e. The summed E-state index contributed by atoms with van der Waals surface area (Å²) < 4.78 is 5.86. The molecular weight excluding hydrogens is 258 g/mol. The average Bonchev–Trinajstić information content (AvgIpc) is 3.34. The molecule has 0 spiro atoms. The van der Waals surface area contributed by atoms with E-state index in [-0.39, 0.29) is 11.3 Å². The van der Waals surface area contributed by atoms with Gasteiger partial charge in [0.15, 0.2) is 0 Å². The molecule has 0 amide bonds. The van der Waals surface area contributed by atoms with Crippen molar-refractivity contribution < 1.29 is 4.74 Å². The quantitative estimate of drug-likeness (QED) is 0.624. The molecule has 0 heterocycles. The van der Waals surface area contributed by atoms with Crippen molar-refractivity contribution in [2.75, 3.05) is 0 Å². The summed E-state index contributed by atoms with van der Waals surface area (Å²) in [6, 6.07) is 12.7. The van der Waals surface area contributed by atoms with Crippen LogP contribution in [-0.2, 0) is 11.3 Å². The molecule has 1 aromatic carbocycles. The number of ether oxygens (including phenoxy) is 1. The number of hydrogen-bond donors (Lipinski definition) is 0. The molecule has 1 fully saturated rings. The fourth-order valence-corrected chi connectivity index (χ4v) is 2.87. The number of rotatable bonds is 8. The van der Waals surface area contributed by atoms with Crippen molar-refractivity contribution in [3.05, 3.63) is 48.2 Å². The molecule has 1 aliphatic rings. The summed E-state index contributed by atoms with van der Waals surface area (Å²) in [4.78, 5) is 0. The lowest BCUT2D eigenvalue weighted by Gasteiger charge is -2.33. The molecule has 2 rings (SSSR count). The second-order valence-corrected chi connectivity index (χ2v) is 6.23. The van der Waals surface area contributed by atoms with Gasteiger partial charge in [-0.3, -0.25) is 0 Å². The maximum Gasteiger partial charge on any atom is 0.113 e. The Bertz CT molecular complexity index is 512. The minimum absolute atomic E-state index is 0.0665. The zero-order valence-electron chi connectivity index (χ0n) is 13.1. The van der Waals surface area contributed by atoms with Crippen LogP contribution in [0.3, 0.4) is 0 Å². The van der Waals surface area contributed by atoms with Crippen LogP contribution < -0.4 is 0 Å². The number of nitriles is 1. The van der Waals surface area contributed by atoms with Crippen molar-refractivity contribution in [2.24, 2.45) is 17.3 Å². The Morgan fingerprint density at radius 1 is 1.43 bits per heavy atom. The van der Waals surface area contributed by atoms with Crippen LogP contribution in [-0.4, -0.2) is 0 Å². The van der Waals surface area contributed by atoms with E-state index in [0.29, 0.717) is 6.61 Å². The molecule has 2 atom stereocenters. The van der Waals surface area contributed by atoms with Gasteiger partial charge in [0.2, 0.25) is 0 Å². The first-order chi connectivity index (χ1) is 10.1. The zero-order chi connectivity index (χ0) is 15.3. The maximum absolute atomic E-state index is 9.71. The van der Waals surface area contributed by atoms with Gasteiger partial charge in [-0.05, 0) is 24.3 Å². The lowest BCUT2D eigenvalue weighted by atomic mass is 9.71. The van der Waals surface area contributed by atoms with E-state index in [9.17, 15) is 5.26 Å². The van der Waals surface area contributed by atoms with E-state index in [1.54, 1.807) is 0 Å². The van der Waals surface area contributed by atoms with Crippen molar-refractivity contribution in [2.45, 2.75) is 46.1 Å². The molecule has 21 heavy (non-hydrogen) atoms.